The van der Waals surface area contributed by atoms with Crippen molar-refractivity contribution in [3.8, 4) is 0 Å². The van der Waals surface area contributed by atoms with Crippen molar-refractivity contribution in [3.05, 3.63) is 57.0 Å². The number of anilines is 1. The van der Waals surface area contributed by atoms with Gasteiger partial charge in [-0.1, -0.05) is 0 Å². The molecule has 0 fully saturated rings. The van der Waals surface area contributed by atoms with Crippen LogP contribution in [0.25, 0.3) is 11.0 Å². The number of thiol groups is 1. The molecule has 5 nitrogen and oxygen atoms in total. The van der Waals surface area contributed by atoms with E-state index in [2.05, 4.69) is 37.6 Å². The first-order valence-corrected chi connectivity index (χ1v) is 10.3. The van der Waals surface area contributed by atoms with Gasteiger partial charge >= 0.3 is 0 Å². The molecule has 0 saturated carbocycles. The van der Waals surface area contributed by atoms with E-state index in [-0.39, 0.29) is 6.04 Å². The summed E-state index contributed by atoms with van der Waals surface area (Å²) in [5.74, 6) is -0.695. The Morgan fingerprint density at radius 1 is 1.27 bits per heavy atom. The largest absolute Gasteiger partial charge is 0.383 e. The highest BCUT2D eigenvalue weighted by molar-refractivity contribution is 14.1. The number of aromatic nitrogens is 3. The molecule has 26 heavy (non-hydrogen) atoms. The van der Waals surface area contributed by atoms with E-state index in [0.29, 0.717) is 10.7 Å². The summed E-state index contributed by atoms with van der Waals surface area (Å²) in [6.45, 7) is 2.00. The van der Waals surface area contributed by atoms with Crippen molar-refractivity contribution in [2.24, 2.45) is 4.99 Å². The van der Waals surface area contributed by atoms with Crippen molar-refractivity contribution in [1.29, 1.82) is 0 Å². The van der Waals surface area contributed by atoms with Crippen LogP contribution in [0.5, 0.6) is 0 Å². The van der Waals surface area contributed by atoms with Crippen molar-refractivity contribution >= 4 is 55.9 Å². The second-order valence-corrected chi connectivity index (χ2v) is 8.77. The van der Waals surface area contributed by atoms with E-state index in [9.17, 15) is 8.78 Å². The SMILES string of the molecule is CC(C1=C[SH](c2ccc(F)cc2F)C=N1)n1cc(I)c2c(N)ncnc21. The lowest BCUT2D eigenvalue weighted by atomic mass is 10.2. The van der Waals surface area contributed by atoms with Gasteiger partial charge in [0, 0.05) is 26.3 Å². The smallest absolute Gasteiger partial charge is 0.147 e. The zero-order valence-corrected chi connectivity index (χ0v) is 16.6. The summed E-state index contributed by atoms with van der Waals surface area (Å²) in [5, 5.41) is 2.76. The number of hydrogen-bond acceptors (Lipinski definition) is 4. The van der Waals surface area contributed by atoms with Gasteiger partial charge in [0.25, 0.3) is 0 Å². The van der Waals surface area contributed by atoms with Gasteiger partial charge in [0.1, 0.15) is 29.4 Å². The summed E-state index contributed by atoms with van der Waals surface area (Å²) in [6.07, 6.45) is 3.39. The summed E-state index contributed by atoms with van der Waals surface area (Å²) >= 11 is 2.20. The van der Waals surface area contributed by atoms with Crippen LogP contribution in [0, 0.1) is 15.2 Å². The number of nitrogens with two attached hydrogens (primary N) is 1. The fourth-order valence-corrected chi connectivity index (χ4v) is 5.41. The van der Waals surface area contributed by atoms with Gasteiger partial charge in [-0.15, -0.1) is 0 Å². The maximum absolute atomic E-state index is 14.1. The third kappa shape index (κ3) is 2.88. The van der Waals surface area contributed by atoms with Crippen LogP contribution >= 0.6 is 33.5 Å². The second-order valence-electron chi connectivity index (χ2n) is 5.82. The summed E-state index contributed by atoms with van der Waals surface area (Å²) < 4.78 is 30.1. The molecule has 3 aromatic rings. The predicted molar refractivity (Wildman–Crippen MR) is 110 cm³/mol. The Bertz CT molecular complexity index is 1080. The minimum Gasteiger partial charge on any atom is -0.383 e. The van der Waals surface area contributed by atoms with Gasteiger partial charge in [-0.25, -0.2) is 18.7 Å². The van der Waals surface area contributed by atoms with Crippen molar-refractivity contribution in [2.75, 3.05) is 5.73 Å². The van der Waals surface area contributed by atoms with Gasteiger partial charge in [-0.2, -0.15) is 10.9 Å². The van der Waals surface area contributed by atoms with Gasteiger partial charge in [-0.3, -0.25) is 4.99 Å². The van der Waals surface area contributed by atoms with Crippen LogP contribution in [0.2, 0.25) is 0 Å². The normalized spacial score (nSPS) is 19.1. The van der Waals surface area contributed by atoms with Gasteiger partial charge < -0.3 is 10.3 Å². The number of nitrogen functional groups attached to an aromatic ring is 1. The highest BCUT2D eigenvalue weighted by Crippen LogP contribution is 2.44. The van der Waals surface area contributed by atoms with Crippen LogP contribution in [0.3, 0.4) is 0 Å². The Kier molecular flexibility index (Phi) is 4.43. The molecule has 1 aromatic carbocycles. The predicted octanol–water partition coefficient (Wildman–Crippen LogP) is 4.40. The second kappa shape index (κ2) is 6.62. The molecule has 134 valence electrons. The molecule has 2 N–H and O–H groups in total. The Morgan fingerprint density at radius 3 is 2.85 bits per heavy atom. The van der Waals surface area contributed by atoms with Crippen molar-refractivity contribution < 1.29 is 8.78 Å². The van der Waals surface area contributed by atoms with Crippen LogP contribution in [-0.4, -0.2) is 20.1 Å². The van der Waals surface area contributed by atoms with Crippen molar-refractivity contribution in [2.45, 2.75) is 17.9 Å². The first-order valence-electron chi connectivity index (χ1n) is 7.71. The quantitative estimate of drug-likeness (QED) is 0.427. The zero-order valence-electron chi connectivity index (χ0n) is 13.6. The molecular formula is C17H14F2IN5S. The topological polar surface area (TPSA) is 69.1 Å². The molecule has 2 atom stereocenters. The van der Waals surface area contributed by atoms with Gasteiger partial charge in [0.15, 0.2) is 0 Å². The summed E-state index contributed by atoms with van der Waals surface area (Å²) in [5.41, 5.74) is 9.24. The number of fused-ring (bicyclic) bond motifs is 1. The highest BCUT2D eigenvalue weighted by atomic mass is 127. The first kappa shape index (κ1) is 17.4. The molecule has 0 radical (unpaired) electrons. The maximum Gasteiger partial charge on any atom is 0.147 e. The summed E-state index contributed by atoms with van der Waals surface area (Å²) in [7, 11) is -1.05. The van der Waals surface area contributed by atoms with Gasteiger partial charge in [0.2, 0.25) is 0 Å². The van der Waals surface area contributed by atoms with E-state index in [1.165, 1.54) is 18.5 Å². The molecule has 4 rings (SSSR count). The third-order valence-corrected chi connectivity index (χ3v) is 6.87. The van der Waals surface area contributed by atoms with Crippen LogP contribution in [0.4, 0.5) is 14.6 Å². The molecule has 0 aliphatic carbocycles. The van der Waals surface area contributed by atoms with E-state index in [1.54, 1.807) is 5.55 Å². The standard InChI is InChI=1S/C17H14F2IN5S/c1-9(25-5-12(20)15-16(21)22-7-23-17(15)25)13-6-26(8-24-13)14-3-2-10(18)4-11(14)19/h2-9,26H,1H3,(H2,21,22,23). The molecule has 2 aromatic heterocycles. The average Bonchev–Trinajstić information content (AvgIpc) is 3.20. The molecule has 0 saturated heterocycles. The lowest BCUT2D eigenvalue weighted by Gasteiger charge is -2.14. The van der Waals surface area contributed by atoms with Crippen LogP contribution in [0.15, 0.2) is 51.7 Å². The molecule has 9 heteroatoms. The Morgan fingerprint density at radius 2 is 2.08 bits per heavy atom. The zero-order chi connectivity index (χ0) is 18.4. The fraction of sp³-hybridized carbons (Fsp3) is 0.118. The highest BCUT2D eigenvalue weighted by Gasteiger charge is 2.22. The Hall–Kier alpha value is -2.01. The number of nitrogens with zero attached hydrogens (tertiary/aromatic N) is 4. The summed E-state index contributed by atoms with van der Waals surface area (Å²) in [4.78, 5) is 13.3. The van der Waals surface area contributed by atoms with Gasteiger partial charge in [0.05, 0.1) is 17.1 Å². The molecule has 0 bridgehead atoms. The van der Waals surface area contributed by atoms with Gasteiger partial charge in [-0.05, 0) is 47.1 Å². The summed E-state index contributed by atoms with van der Waals surface area (Å²) in [6, 6.07) is 3.55. The minimum absolute atomic E-state index is 0.109. The lowest BCUT2D eigenvalue weighted by molar-refractivity contribution is 0.566. The van der Waals surface area contributed by atoms with Crippen LogP contribution in [-0.2, 0) is 0 Å². The number of hydrogen-bond donors (Lipinski definition) is 2. The van der Waals surface area contributed by atoms with E-state index in [4.69, 9.17) is 5.73 Å². The molecule has 1 aliphatic rings. The molecular weight excluding hydrogens is 471 g/mol. The minimum atomic E-state index is -1.05. The van der Waals surface area contributed by atoms with E-state index >= 15 is 0 Å². The molecule has 1 aliphatic heterocycles. The first-order chi connectivity index (χ1) is 12.5. The fourth-order valence-electron chi connectivity index (χ4n) is 2.88. The van der Waals surface area contributed by atoms with Crippen molar-refractivity contribution in [3.63, 3.8) is 0 Å². The monoisotopic (exact) mass is 485 g/mol. The van der Waals surface area contributed by atoms with E-state index in [0.717, 1.165) is 26.4 Å². The average molecular weight is 485 g/mol. The molecule has 3 heterocycles. The van der Waals surface area contributed by atoms with Crippen molar-refractivity contribution in [1.82, 2.24) is 14.5 Å². The third-order valence-electron chi connectivity index (χ3n) is 4.23. The van der Waals surface area contributed by atoms with Crippen LogP contribution < -0.4 is 5.73 Å². The number of aliphatic imine (C=N–C) groups is 1. The lowest BCUT2D eigenvalue weighted by Crippen LogP contribution is -2.06. The molecule has 0 spiro atoms. The van der Waals surface area contributed by atoms with E-state index in [1.807, 2.05) is 23.1 Å². The van der Waals surface area contributed by atoms with E-state index < -0.39 is 22.5 Å². The number of rotatable bonds is 3. The number of allylic oxidation sites excluding steroid dienone is 1. The number of benzene rings is 1. The molecule has 2 unspecified atom stereocenters. The Labute approximate surface area is 164 Å². The van der Waals surface area contributed by atoms with Crippen LogP contribution in [0.1, 0.15) is 13.0 Å². The molecule has 0 amide bonds. The number of halogens is 3. The maximum atomic E-state index is 14.1. The Balaban J connectivity index is 1.71.